The molecule has 0 rings (SSSR count). The summed E-state index contributed by atoms with van der Waals surface area (Å²) in [6.07, 6.45) is 17.0. The minimum atomic E-state index is -1.63. The van der Waals surface area contributed by atoms with Crippen LogP contribution in [0.2, 0.25) is 0 Å². The molecule has 0 radical (unpaired) electrons. The Labute approximate surface area is 250 Å². The zero-order valence-electron chi connectivity index (χ0n) is 22.2. The van der Waals surface area contributed by atoms with Crippen molar-refractivity contribution in [1.29, 1.82) is 0 Å². The Morgan fingerprint density at radius 2 is 1.03 bits per heavy atom. The van der Waals surface area contributed by atoms with Gasteiger partial charge in [-0.1, -0.05) is 96.8 Å². The number of imide groups is 1. The number of carbonyl (C=O) groups excluding carboxylic acids is 4. The molecule has 0 aliphatic carbocycles. The first-order chi connectivity index (χ1) is 15.3. The Hall–Kier alpha value is 0.0800. The van der Waals surface area contributed by atoms with Crippen molar-refractivity contribution >= 4 is 23.8 Å². The summed E-state index contributed by atoms with van der Waals surface area (Å²) in [5.41, 5.74) is 0. The molecule has 0 saturated heterocycles. The molecule has 0 aromatic rings. The monoisotopic (exact) mass is 499 g/mol. The third-order valence-electron chi connectivity index (χ3n) is 5.81. The molecule has 0 spiro atoms. The van der Waals surface area contributed by atoms with Crippen molar-refractivity contribution in [3.63, 3.8) is 0 Å². The van der Waals surface area contributed by atoms with Crippen LogP contribution in [0.15, 0.2) is 0 Å². The first kappa shape index (κ1) is 38.6. The van der Waals surface area contributed by atoms with Gasteiger partial charge >= 0.3 is 59.1 Å². The molecule has 1 atom stereocenters. The Morgan fingerprint density at radius 1 is 0.647 bits per heavy atom. The molecule has 0 unspecified atom stereocenters. The molecule has 0 N–H and O–H groups in total. The van der Waals surface area contributed by atoms with Crippen LogP contribution < -0.4 is 69.3 Å². The molecule has 0 heterocycles. The van der Waals surface area contributed by atoms with Gasteiger partial charge in [-0.05, 0) is 19.3 Å². The van der Waals surface area contributed by atoms with Crippen molar-refractivity contribution in [2.75, 3.05) is 0 Å². The van der Waals surface area contributed by atoms with Gasteiger partial charge in [-0.25, -0.2) is 0 Å². The van der Waals surface area contributed by atoms with E-state index in [-0.39, 0.29) is 65.5 Å². The second-order valence-corrected chi connectivity index (χ2v) is 8.73. The van der Waals surface area contributed by atoms with Crippen molar-refractivity contribution in [3.05, 3.63) is 0 Å². The maximum absolute atomic E-state index is 12.4. The summed E-state index contributed by atoms with van der Waals surface area (Å²) >= 11 is 0. The Bertz CT molecular complexity index is 560. The molecule has 0 saturated carbocycles. The Kier molecular flexibility index (Phi) is 29.7. The normalized spacial score (nSPS) is 11.1. The van der Waals surface area contributed by atoms with Gasteiger partial charge in [-0.3, -0.25) is 14.5 Å². The van der Waals surface area contributed by atoms with Crippen LogP contribution in [0.25, 0.3) is 0 Å². The van der Waals surface area contributed by atoms with Crippen LogP contribution in [-0.4, -0.2) is 34.7 Å². The summed E-state index contributed by atoms with van der Waals surface area (Å²) in [5.74, 6) is -4.39. The quantitative estimate of drug-likeness (QED) is 0.125. The molecule has 0 aromatic heterocycles. The molecule has 0 fully saturated rings. The van der Waals surface area contributed by atoms with E-state index in [4.69, 9.17) is 0 Å². The van der Waals surface area contributed by atoms with Gasteiger partial charge < -0.3 is 19.8 Å². The number of unbranched alkanes of at least 4 members (excludes halogenated alkanes) is 14. The smallest absolute Gasteiger partial charge is 0.550 e. The summed E-state index contributed by atoms with van der Waals surface area (Å²) in [6.45, 7) is 3.33. The van der Waals surface area contributed by atoms with E-state index in [9.17, 15) is 29.4 Å². The third-order valence-corrected chi connectivity index (χ3v) is 5.81. The average Bonchev–Trinajstić information content (AvgIpc) is 2.72. The molecular formula is C25H43NNa2O6. The van der Waals surface area contributed by atoms with Gasteiger partial charge in [0.1, 0.15) is 0 Å². The predicted molar refractivity (Wildman–Crippen MR) is 120 cm³/mol. The van der Waals surface area contributed by atoms with E-state index in [1.165, 1.54) is 70.6 Å². The molecule has 2 amide bonds. The fourth-order valence-corrected chi connectivity index (χ4v) is 3.94. The van der Waals surface area contributed by atoms with E-state index < -0.39 is 42.6 Å². The standard InChI is InChI=1S/C25H45NO6.2Na/c1-3-4-5-6-7-8-9-10-11-12-13-14-15-16-17-18-23(28)26(21(2)27)22(25(31)32)19-20-24(29)30;;/h22H,3-20H2,1-2H3,(H,29,30)(H,31,32);;/q;2*+1/p-2/t22-;;/m0../s1. The van der Waals surface area contributed by atoms with Crippen molar-refractivity contribution in [2.45, 2.75) is 135 Å². The van der Waals surface area contributed by atoms with E-state index in [0.717, 1.165) is 26.2 Å². The second-order valence-electron chi connectivity index (χ2n) is 8.73. The average molecular weight is 500 g/mol. The third kappa shape index (κ3) is 21.4. The Balaban J connectivity index is -0.00000480. The topological polar surface area (TPSA) is 118 Å². The van der Waals surface area contributed by atoms with Crippen molar-refractivity contribution in [2.24, 2.45) is 0 Å². The van der Waals surface area contributed by atoms with Crippen LogP contribution in [0.4, 0.5) is 0 Å². The van der Waals surface area contributed by atoms with E-state index in [1.807, 2.05) is 0 Å². The first-order valence-corrected chi connectivity index (χ1v) is 12.5. The van der Waals surface area contributed by atoms with Crippen LogP contribution >= 0.6 is 0 Å². The molecule has 34 heavy (non-hydrogen) atoms. The van der Waals surface area contributed by atoms with E-state index in [1.54, 1.807) is 0 Å². The van der Waals surface area contributed by atoms with Crippen LogP contribution in [0, 0.1) is 0 Å². The first-order valence-electron chi connectivity index (χ1n) is 12.5. The largest absolute Gasteiger partial charge is 1.00 e. The molecule has 9 heteroatoms. The molecular weight excluding hydrogens is 456 g/mol. The Morgan fingerprint density at radius 3 is 1.35 bits per heavy atom. The summed E-state index contributed by atoms with van der Waals surface area (Å²) in [7, 11) is 0. The summed E-state index contributed by atoms with van der Waals surface area (Å²) in [5, 5.41) is 21.9. The van der Waals surface area contributed by atoms with E-state index in [0.29, 0.717) is 11.3 Å². The maximum Gasteiger partial charge on any atom is 1.00 e. The molecule has 186 valence electrons. The SMILES string of the molecule is CCCCCCCCCCCCCCCCCC(=O)N(C(C)=O)[C@@H](CCC(=O)[O-])C(=O)[O-].[Na+].[Na+]. The van der Waals surface area contributed by atoms with Crippen LogP contribution in [0.1, 0.15) is 129 Å². The minimum Gasteiger partial charge on any atom is -0.550 e. The zero-order chi connectivity index (χ0) is 24.2. The zero-order valence-corrected chi connectivity index (χ0v) is 26.2. The summed E-state index contributed by atoms with van der Waals surface area (Å²) in [6, 6.07) is -1.57. The molecule has 0 bridgehead atoms. The number of amides is 2. The van der Waals surface area contributed by atoms with Crippen LogP contribution in [0.3, 0.4) is 0 Å². The van der Waals surface area contributed by atoms with Gasteiger partial charge in [-0.15, -0.1) is 0 Å². The number of carboxylic acids is 2. The summed E-state index contributed by atoms with van der Waals surface area (Å²) < 4.78 is 0. The van der Waals surface area contributed by atoms with Gasteiger partial charge in [0.2, 0.25) is 11.8 Å². The number of hydrogen-bond acceptors (Lipinski definition) is 6. The van der Waals surface area contributed by atoms with Gasteiger partial charge in [0.15, 0.2) is 0 Å². The number of nitrogens with zero attached hydrogens (tertiary/aromatic N) is 1. The van der Waals surface area contributed by atoms with Crippen LogP contribution in [-0.2, 0) is 19.2 Å². The molecule has 7 nitrogen and oxygen atoms in total. The number of carboxylic acid groups (broad SMARTS) is 2. The number of rotatable bonds is 21. The van der Waals surface area contributed by atoms with Crippen LogP contribution in [0.5, 0.6) is 0 Å². The van der Waals surface area contributed by atoms with Gasteiger partial charge in [-0.2, -0.15) is 0 Å². The second kappa shape index (κ2) is 26.2. The van der Waals surface area contributed by atoms with Crippen molar-refractivity contribution in [3.8, 4) is 0 Å². The van der Waals surface area contributed by atoms with E-state index >= 15 is 0 Å². The molecule has 0 aliphatic heterocycles. The maximum atomic E-state index is 12.4. The fourth-order valence-electron chi connectivity index (χ4n) is 3.94. The van der Waals surface area contributed by atoms with Crippen molar-refractivity contribution < 1.29 is 88.5 Å². The number of hydrogen-bond donors (Lipinski definition) is 0. The number of aliphatic carboxylic acids is 2. The van der Waals surface area contributed by atoms with Crippen molar-refractivity contribution in [1.82, 2.24) is 4.90 Å². The number of carbonyl (C=O) groups is 4. The summed E-state index contributed by atoms with van der Waals surface area (Å²) in [4.78, 5) is 46.7. The minimum absolute atomic E-state index is 0. The van der Waals surface area contributed by atoms with Gasteiger partial charge in [0.25, 0.3) is 0 Å². The van der Waals surface area contributed by atoms with E-state index in [2.05, 4.69) is 6.92 Å². The molecule has 0 aromatic carbocycles. The molecule has 0 aliphatic rings. The van der Waals surface area contributed by atoms with Gasteiger partial charge in [0.05, 0.1) is 12.0 Å². The van der Waals surface area contributed by atoms with Gasteiger partial charge in [0, 0.05) is 19.3 Å². The fraction of sp³-hybridized carbons (Fsp3) is 0.840. The predicted octanol–water partition coefficient (Wildman–Crippen LogP) is -2.72.